The molecule has 0 unspecified atom stereocenters. The van der Waals surface area contributed by atoms with Crippen molar-refractivity contribution in [2.45, 2.75) is 0 Å². The number of anilines is 2. The highest BCUT2D eigenvalue weighted by molar-refractivity contribution is 6.07. The van der Waals surface area contributed by atoms with Crippen LogP contribution in [-0.4, -0.2) is 42.0 Å². The van der Waals surface area contributed by atoms with Gasteiger partial charge in [-0.15, -0.1) is 0 Å². The molecule has 3 rings (SSSR count). The van der Waals surface area contributed by atoms with E-state index >= 15 is 0 Å². The first kappa shape index (κ1) is 13.2. The van der Waals surface area contributed by atoms with Gasteiger partial charge >= 0.3 is 0 Å². The molecule has 0 aliphatic carbocycles. The molecule has 7 nitrogen and oxygen atoms in total. The van der Waals surface area contributed by atoms with Crippen molar-refractivity contribution < 1.29 is 14.1 Å². The molecule has 0 bridgehead atoms. The van der Waals surface area contributed by atoms with E-state index in [0.29, 0.717) is 16.8 Å². The van der Waals surface area contributed by atoms with Crippen LogP contribution in [0.1, 0.15) is 0 Å². The number of aromatic nitrogens is 1. The zero-order chi connectivity index (χ0) is 15.0. The summed E-state index contributed by atoms with van der Waals surface area (Å²) in [6, 6.07) is 7.22. The lowest BCUT2D eigenvalue weighted by Crippen LogP contribution is -2.52. The normalized spacial score (nSPS) is 15.7. The third-order valence-electron chi connectivity index (χ3n) is 3.48. The Hall–Kier alpha value is -2.83. The number of carbonyl (C=O) groups is 2. The number of nitrogens with two attached hydrogens (primary N) is 1. The molecule has 1 aromatic carbocycles. The quantitative estimate of drug-likeness (QED) is 0.878. The third kappa shape index (κ3) is 2.22. The Morgan fingerprint density at radius 1 is 1.14 bits per heavy atom. The average molecular weight is 286 g/mol. The van der Waals surface area contributed by atoms with Crippen LogP contribution in [0.2, 0.25) is 0 Å². The SMILES string of the molecule is CN1CC(=O)N(c2ccccc2-c2cnoc2N)CC1=O. The summed E-state index contributed by atoms with van der Waals surface area (Å²) >= 11 is 0. The Kier molecular flexibility index (Phi) is 3.09. The number of nitrogens with zero attached hydrogens (tertiary/aromatic N) is 3. The lowest BCUT2D eigenvalue weighted by Gasteiger charge is -2.32. The minimum absolute atomic E-state index is 0.0114. The minimum atomic E-state index is -0.139. The smallest absolute Gasteiger partial charge is 0.247 e. The van der Waals surface area contributed by atoms with Crippen molar-refractivity contribution in [1.29, 1.82) is 0 Å². The van der Waals surface area contributed by atoms with Crippen LogP contribution in [0.15, 0.2) is 35.0 Å². The first-order chi connectivity index (χ1) is 10.1. The van der Waals surface area contributed by atoms with Gasteiger partial charge in [0.05, 0.1) is 24.0 Å². The number of nitrogen functional groups attached to an aromatic ring is 1. The molecular formula is C14H14N4O3. The maximum atomic E-state index is 12.2. The molecule has 1 aromatic heterocycles. The Morgan fingerprint density at radius 3 is 2.62 bits per heavy atom. The lowest BCUT2D eigenvalue weighted by molar-refractivity contribution is -0.136. The molecule has 7 heteroatoms. The molecule has 0 atom stereocenters. The van der Waals surface area contributed by atoms with Crippen molar-refractivity contribution in [3.05, 3.63) is 30.5 Å². The largest absolute Gasteiger partial charge is 0.367 e. The summed E-state index contributed by atoms with van der Waals surface area (Å²) in [7, 11) is 1.61. The Labute approximate surface area is 120 Å². The van der Waals surface area contributed by atoms with Crippen LogP contribution in [0, 0.1) is 0 Å². The van der Waals surface area contributed by atoms with Crippen molar-refractivity contribution in [2.75, 3.05) is 30.8 Å². The molecule has 0 radical (unpaired) electrons. The van der Waals surface area contributed by atoms with Crippen LogP contribution in [0.3, 0.4) is 0 Å². The second-order valence-corrected chi connectivity index (χ2v) is 4.85. The fourth-order valence-electron chi connectivity index (χ4n) is 2.33. The fraction of sp³-hybridized carbons (Fsp3) is 0.214. The molecule has 1 aliphatic rings. The van der Waals surface area contributed by atoms with E-state index < -0.39 is 0 Å². The van der Waals surface area contributed by atoms with E-state index in [1.54, 1.807) is 19.2 Å². The van der Waals surface area contributed by atoms with E-state index in [2.05, 4.69) is 5.16 Å². The number of hydrogen-bond acceptors (Lipinski definition) is 5. The van der Waals surface area contributed by atoms with Gasteiger partial charge in [-0.1, -0.05) is 23.4 Å². The minimum Gasteiger partial charge on any atom is -0.367 e. The van der Waals surface area contributed by atoms with Crippen molar-refractivity contribution in [3.63, 3.8) is 0 Å². The molecule has 1 fully saturated rings. The van der Waals surface area contributed by atoms with Crippen molar-refractivity contribution in [1.82, 2.24) is 10.1 Å². The lowest BCUT2D eigenvalue weighted by atomic mass is 10.0. The number of hydrogen-bond donors (Lipinski definition) is 1. The van der Waals surface area contributed by atoms with Gasteiger partial charge in [0.25, 0.3) is 0 Å². The number of carbonyl (C=O) groups excluding carboxylic acids is 2. The molecule has 2 N–H and O–H groups in total. The number of para-hydroxylation sites is 1. The van der Waals surface area contributed by atoms with E-state index in [-0.39, 0.29) is 30.8 Å². The number of amides is 2. The summed E-state index contributed by atoms with van der Waals surface area (Å²) < 4.78 is 4.88. The maximum Gasteiger partial charge on any atom is 0.247 e. The molecule has 2 aromatic rings. The molecule has 21 heavy (non-hydrogen) atoms. The van der Waals surface area contributed by atoms with E-state index in [9.17, 15) is 9.59 Å². The van der Waals surface area contributed by atoms with Gasteiger partial charge in [-0.05, 0) is 6.07 Å². The van der Waals surface area contributed by atoms with Gasteiger partial charge in [0.15, 0.2) is 0 Å². The number of benzene rings is 1. The van der Waals surface area contributed by atoms with Gasteiger partial charge in [0, 0.05) is 12.6 Å². The van der Waals surface area contributed by atoms with Gasteiger partial charge in [0.1, 0.15) is 6.54 Å². The molecule has 2 amide bonds. The van der Waals surface area contributed by atoms with Gasteiger partial charge in [-0.3, -0.25) is 9.59 Å². The summed E-state index contributed by atoms with van der Waals surface area (Å²) in [5.74, 6) is -0.0716. The molecule has 2 heterocycles. The van der Waals surface area contributed by atoms with Crippen molar-refractivity contribution >= 4 is 23.4 Å². The van der Waals surface area contributed by atoms with Gasteiger partial charge in [-0.25, -0.2) is 0 Å². The highest BCUT2D eigenvalue weighted by Gasteiger charge is 2.30. The Bertz CT molecular complexity index is 710. The standard InChI is InChI=1S/C14H14N4O3/c1-17-7-13(20)18(8-12(17)19)11-5-3-2-4-9(11)10-6-16-21-14(10)15/h2-6H,7-8,15H2,1H3. The zero-order valence-electron chi connectivity index (χ0n) is 11.4. The zero-order valence-corrected chi connectivity index (χ0v) is 11.4. The monoisotopic (exact) mass is 286 g/mol. The number of piperazine rings is 1. The van der Waals surface area contributed by atoms with E-state index in [0.717, 1.165) is 0 Å². The Morgan fingerprint density at radius 2 is 1.90 bits per heavy atom. The number of likely N-dealkylation sites (N-methyl/N-ethyl adjacent to an activating group) is 1. The molecule has 1 aliphatic heterocycles. The van der Waals surface area contributed by atoms with Gasteiger partial charge in [-0.2, -0.15) is 0 Å². The molecule has 0 saturated carbocycles. The predicted octanol–water partition coefficient (Wildman–Crippen LogP) is 0.729. The summed E-state index contributed by atoms with van der Waals surface area (Å²) in [4.78, 5) is 27.0. The van der Waals surface area contributed by atoms with Crippen LogP contribution in [0.4, 0.5) is 11.6 Å². The van der Waals surface area contributed by atoms with Gasteiger partial charge < -0.3 is 20.1 Å². The fourth-order valence-corrected chi connectivity index (χ4v) is 2.33. The second-order valence-electron chi connectivity index (χ2n) is 4.85. The number of rotatable bonds is 2. The van der Waals surface area contributed by atoms with Crippen LogP contribution in [0.25, 0.3) is 11.1 Å². The third-order valence-corrected chi connectivity index (χ3v) is 3.48. The summed E-state index contributed by atoms with van der Waals surface area (Å²) in [5, 5.41) is 3.65. The average Bonchev–Trinajstić information content (AvgIpc) is 2.89. The highest BCUT2D eigenvalue weighted by atomic mass is 16.5. The summed E-state index contributed by atoms with van der Waals surface area (Å²) in [6.07, 6.45) is 1.50. The second kappa shape index (κ2) is 4.93. The van der Waals surface area contributed by atoms with E-state index in [1.807, 2.05) is 12.1 Å². The van der Waals surface area contributed by atoms with Crippen LogP contribution in [-0.2, 0) is 9.59 Å². The van der Waals surface area contributed by atoms with Crippen LogP contribution < -0.4 is 10.6 Å². The first-order valence-electron chi connectivity index (χ1n) is 6.42. The van der Waals surface area contributed by atoms with Crippen LogP contribution >= 0.6 is 0 Å². The Balaban J connectivity index is 2.06. The molecular weight excluding hydrogens is 272 g/mol. The van der Waals surface area contributed by atoms with E-state index in [1.165, 1.54) is 16.0 Å². The summed E-state index contributed by atoms with van der Waals surface area (Å²) in [5.41, 5.74) is 7.68. The van der Waals surface area contributed by atoms with Crippen LogP contribution in [0.5, 0.6) is 0 Å². The van der Waals surface area contributed by atoms with Gasteiger partial charge in [0.2, 0.25) is 17.7 Å². The predicted molar refractivity (Wildman–Crippen MR) is 76.3 cm³/mol. The molecule has 108 valence electrons. The molecule has 1 saturated heterocycles. The first-order valence-corrected chi connectivity index (χ1v) is 6.42. The maximum absolute atomic E-state index is 12.2. The summed E-state index contributed by atoms with van der Waals surface area (Å²) in [6.45, 7) is 0.0732. The van der Waals surface area contributed by atoms with Crippen molar-refractivity contribution in [2.24, 2.45) is 0 Å². The van der Waals surface area contributed by atoms with E-state index in [4.69, 9.17) is 10.3 Å². The highest BCUT2D eigenvalue weighted by Crippen LogP contribution is 2.34. The van der Waals surface area contributed by atoms with Crippen molar-refractivity contribution in [3.8, 4) is 11.1 Å². The molecule has 0 spiro atoms. The topological polar surface area (TPSA) is 92.7 Å².